The molecule has 7 amide bonds. The van der Waals surface area contributed by atoms with Crippen LogP contribution in [0.4, 0.5) is 24.9 Å². The third-order valence-electron chi connectivity index (χ3n) is 7.77. The summed E-state index contributed by atoms with van der Waals surface area (Å²) in [5.41, 5.74) is 8.91. The molecular weight excluding hydrogens is 686 g/mol. The third-order valence-corrected chi connectivity index (χ3v) is 7.77. The maximum atomic E-state index is 12.8. The Kier molecular flexibility index (Phi) is 13.6. The topological polar surface area (TPSA) is 214 Å². The summed E-state index contributed by atoms with van der Waals surface area (Å²) in [5.74, 6) is -1.20. The number of carbonyl (C=O) groups is 6. The molecule has 1 aliphatic rings. The summed E-state index contributed by atoms with van der Waals surface area (Å²) in [7, 11) is 0. The molecule has 1 aliphatic carbocycles. The van der Waals surface area contributed by atoms with Crippen LogP contribution in [0.25, 0.3) is 11.1 Å². The number of alkyl carbamates (subject to hydrolysis) is 2. The average molecular weight is 732 g/mol. The van der Waals surface area contributed by atoms with Crippen LogP contribution >= 0.6 is 0 Å². The van der Waals surface area contributed by atoms with Crippen molar-refractivity contribution in [3.05, 3.63) is 89.5 Å². The highest BCUT2D eigenvalue weighted by Gasteiger charge is 2.29. The Bertz CT molecular complexity index is 1750. The van der Waals surface area contributed by atoms with Gasteiger partial charge in [0.25, 0.3) is 0 Å². The lowest BCUT2D eigenvalue weighted by molar-refractivity contribution is -0.127. The Morgan fingerprint density at radius 3 is 1.87 bits per heavy atom. The van der Waals surface area contributed by atoms with Crippen molar-refractivity contribution in [2.75, 3.05) is 25.0 Å². The summed E-state index contributed by atoms with van der Waals surface area (Å²) in [6.07, 6.45) is -2.29. The Balaban J connectivity index is 1.11. The normalized spacial score (nSPS) is 12.8. The number of nitrogens with one attached hydrogen (secondary N) is 7. The monoisotopic (exact) mass is 731 g/mol. The van der Waals surface area contributed by atoms with Crippen molar-refractivity contribution in [3.8, 4) is 11.1 Å². The molecule has 4 rings (SSSR count). The van der Waals surface area contributed by atoms with Crippen LogP contribution in [0.3, 0.4) is 0 Å². The van der Waals surface area contributed by atoms with Gasteiger partial charge in [0.1, 0.15) is 30.9 Å². The van der Waals surface area contributed by atoms with Gasteiger partial charge in [0, 0.05) is 24.7 Å². The van der Waals surface area contributed by atoms with Crippen molar-refractivity contribution >= 4 is 41.8 Å². The van der Waals surface area contributed by atoms with Gasteiger partial charge in [-0.1, -0.05) is 60.7 Å². The summed E-state index contributed by atoms with van der Waals surface area (Å²) in [4.78, 5) is 73.5. The Morgan fingerprint density at radius 1 is 0.660 bits per heavy atom. The number of benzene rings is 3. The Labute approximate surface area is 307 Å². The van der Waals surface area contributed by atoms with E-state index in [-0.39, 0.29) is 32.2 Å². The van der Waals surface area contributed by atoms with Crippen LogP contribution in [0.1, 0.15) is 57.2 Å². The van der Waals surface area contributed by atoms with Gasteiger partial charge in [-0.3, -0.25) is 9.59 Å². The van der Waals surface area contributed by atoms with Gasteiger partial charge in [-0.25, -0.2) is 30.0 Å². The third kappa shape index (κ3) is 12.2. The zero-order valence-electron chi connectivity index (χ0n) is 30.2. The molecule has 282 valence electrons. The predicted molar refractivity (Wildman–Crippen MR) is 194 cm³/mol. The number of hydrogen-bond acceptors (Lipinski definition) is 9. The molecule has 0 aromatic heterocycles. The van der Waals surface area contributed by atoms with E-state index < -0.39 is 53.8 Å². The molecule has 0 bridgehead atoms. The highest BCUT2D eigenvalue weighted by atomic mass is 16.6. The molecule has 16 heteroatoms. The number of urea groups is 1. The summed E-state index contributed by atoms with van der Waals surface area (Å²) in [6, 6.07) is 19.7. The minimum atomic E-state index is -0.977. The zero-order valence-corrected chi connectivity index (χ0v) is 30.2. The van der Waals surface area contributed by atoms with E-state index in [2.05, 4.69) is 37.4 Å². The molecule has 2 atom stereocenters. The quantitative estimate of drug-likeness (QED) is 0.0813. The molecule has 7 N–H and O–H groups in total. The van der Waals surface area contributed by atoms with Crippen molar-refractivity contribution in [1.29, 1.82) is 0 Å². The second-order valence-corrected chi connectivity index (χ2v) is 13.1. The van der Waals surface area contributed by atoms with Gasteiger partial charge in [0.2, 0.25) is 11.8 Å². The summed E-state index contributed by atoms with van der Waals surface area (Å²) >= 11 is 0. The van der Waals surface area contributed by atoms with Gasteiger partial charge < -0.3 is 40.8 Å². The van der Waals surface area contributed by atoms with Crippen molar-refractivity contribution < 1.29 is 43.0 Å². The number of rotatable bonds is 12. The molecule has 0 saturated carbocycles. The van der Waals surface area contributed by atoms with Crippen LogP contribution in [0.2, 0.25) is 0 Å². The standard InChI is InChI=1S/C37H45N7O9/c1-22(40-31(45)23(2)41-35(49)52-21-30-28-12-8-6-10-26(28)27-11-7-9-13-29(27)30)32(46)42-25-16-14-24(15-17-25)20-51-36(50)44-43-33(47)38-18-19-39-34(48)53-37(3,4)5/h6-17,22-23,30H,18-21H2,1-5H3,(H,39,48)(H,40,45)(H,41,49)(H,42,46)(H,44,50)(H2,38,43,47)/t22-,23-/m0/s1. The molecule has 0 fully saturated rings. The van der Waals surface area contributed by atoms with E-state index in [0.717, 1.165) is 22.3 Å². The van der Waals surface area contributed by atoms with Crippen molar-refractivity contribution in [1.82, 2.24) is 32.1 Å². The lowest BCUT2D eigenvalue weighted by Crippen LogP contribution is -2.50. The summed E-state index contributed by atoms with van der Waals surface area (Å²) in [6.45, 7) is 8.33. The number of anilines is 1. The molecule has 3 aromatic carbocycles. The SMILES string of the molecule is C[C@H](NC(=O)OCC1c2ccccc2-c2ccccc21)C(=O)N[C@@H](C)C(=O)Nc1ccc(COC(=O)NNC(=O)NCCNC(=O)OC(C)(C)C)cc1. The molecule has 0 aliphatic heterocycles. The summed E-state index contributed by atoms with van der Waals surface area (Å²) < 4.78 is 15.7. The minimum Gasteiger partial charge on any atom is -0.449 e. The minimum absolute atomic E-state index is 0.0792. The molecule has 0 heterocycles. The largest absolute Gasteiger partial charge is 0.449 e. The van der Waals surface area contributed by atoms with Gasteiger partial charge in [-0.2, -0.15) is 0 Å². The number of amides is 7. The molecular formula is C37H45N7O9. The van der Waals surface area contributed by atoms with E-state index in [0.29, 0.717) is 11.3 Å². The maximum absolute atomic E-state index is 12.8. The van der Waals surface area contributed by atoms with Crippen LogP contribution in [-0.4, -0.2) is 73.5 Å². The fourth-order valence-electron chi connectivity index (χ4n) is 5.21. The first-order valence-electron chi connectivity index (χ1n) is 17.0. The highest BCUT2D eigenvalue weighted by molar-refractivity contribution is 5.98. The molecule has 0 radical (unpaired) electrons. The molecule has 0 spiro atoms. The van der Waals surface area contributed by atoms with E-state index in [1.165, 1.54) is 13.8 Å². The van der Waals surface area contributed by atoms with Gasteiger partial charge in [-0.15, -0.1) is 0 Å². The summed E-state index contributed by atoms with van der Waals surface area (Å²) in [5, 5.41) is 12.7. The fourth-order valence-corrected chi connectivity index (χ4v) is 5.21. The number of hydrogen-bond donors (Lipinski definition) is 7. The van der Waals surface area contributed by atoms with Gasteiger partial charge >= 0.3 is 24.3 Å². The van der Waals surface area contributed by atoms with Crippen molar-refractivity contribution in [3.63, 3.8) is 0 Å². The molecule has 3 aromatic rings. The number of ether oxygens (including phenoxy) is 3. The lowest BCUT2D eigenvalue weighted by Gasteiger charge is -2.19. The first kappa shape index (κ1) is 39.5. The van der Waals surface area contributed by atoms with Gasteiger partial charge in [0.15, 0.2) is 0 Å². The van der Waals surface area contributed by atoms with Crippen LogP contribution in [-0.2, 0) is 30.4 Å². The second-order valence-electron chi connectivity index (χ2n) is 13.1. The number of fused-ring (bicyclic) bond motifs is 3. The smallest absolute Gasteiger partial charge is 0.426 e. The van der Waals surface area contributed by atoms with E-state index in [9.17, 15) is 28.8 Å². The van der Waals surface area contributed by atoms with Gasteiger partial charge in [-0.05, 0) is 74.6 Å². The number of hydrazine groups is 1. The maximum Gasteiger partial charge on any atom is 0.426 e. The van der Waals surface area contributed by atoms with Crippen LogP contribution in [0, 0.1) is 0 Å². The van der Waals surface area contributed by atoms with Crippen LogP contribution < -0.4 is 37.4 Å². The Morgan fingerprint density at radius 2 is 1.25 bits per heavy atom. The lowest BCUT2D eigenvalue weighted by atomic mass is 9.98. The van der Waals surface area contributed by atoms with Crippen LogP contribution in [0.15, 0.2) is 72.8 Å². The second kappa shape index (κ2) is 18.3. The van der Waals surface area contributed by atoms with Gasteiger partial charge in [0.05, 0.1) is 0 Å². The Hall–Kier alpha value is -6.32. The molecule has 16 nitrogen and oxygen atoms in total. The van der Waals surface area contributed by atoms with Crippen molar-refractivity contribution in [2.24, 2.45) is 0 Å². The number of carbonyl (C=O) groups excluding carboxylic acids is 6. The first-order valence-corrected chi connectivity index (χ1v) is 17.0. The van der Waals surface area contributed by atoms with Crippen molar-refractivity contribution in [2.45, 2.75) is 64.8 Å². The average Bonchev–Trinajstić information content (AvgIpc) is 3.44. The van der Waals surface area contributed by atoms with Crippen LogP contribution in [0.5, 0.6) is 0 Å². The van der Waals surface area contributed by atoms with E-state index in [1.807, 2.05) is 48.5 Å². The molecule has 53 heavy (non-hydrogen) atoms. The van der Waals surface area contributed by atoms with E-state index in [4.69, 9.17) is 14.2 Å². The van der Waals surface area contributed by atoms with E-state index >= 15 is 0 Å². The zero-order chi connectivity index (χ0) is 38.5. The van der Waals surface area contributed by atoms with E-state index in [1.54, 1.807) is 45.0 Å². The molecule has 0 saturated heterocycles. The first-order chi connectivity index (χ1) is 25.2. The highest BCUT2D eigenvalue weighted by Crippen LogP contribution is 2.44. The fraction of sp³-hybridized carbons (Fsp3) is 0.351. The molecule has 0 unspecified atom stereocenters. The predicted octanol–water partition coefficient (Wildman–Crippen LogP) is 4.02.